The molecule has 0 saturated heterocycles. The van der Waals surface area contributed by atoms with Gasteiger partial charge in [0, 0.05) is 0 Å². The first-order chi connectivity index (χ1) is 8.42. The SMILES string of the molecule is CC1=CC(=O)[C@@H]([C@@H](O)c2ccccc2)C(C)(C)C1. The fraction of sp³-hybridized carbons (Fsp3) is 0.438. The topological polar surface area (TPSA) is 37.3 Å². The van der Waals surface area contributed by atoms with Gasteiger partial charge in [-0.3, -0.25) is 4.79 Å². The van der Waals surface area contributed by atoms with Crippen molar-refractivity contribution in [3.05, 3.63) is 47.5 Å². The predicted molar refractivity (Wildman–Crippen MR) is 72.1 cm³/mol. The van der Waals surface area contributed by atoms with E-state index in [-0.39, 0.29) is 17.1 Å². The van der Waals surface area contributed by atoms with Crippen molar-refractivity contribution in [1.82, 2.24) is 0 Å². The average molecular weight is 244 g/mol. The minimum Gasteiger partial charge on any atom is -0.388 e. The van der Waals surface area contributed by atoms with Crippen molar-refractivity contribution in [3.8, 4) is 0 Å². The summed E-state index contributed by atoms with van der Waals surface area (Å²) in [4.78, 5) is 12.2. The summed E-state index contributed by atoms with van der Waals surface area (Å²) in [5.41, 5.74) is 1.71. The number of benzene rings is 1. The van der Waals surface area contributed by atoms with Crippen molar-refractivity contribution in [1.29, 1.82) is 0 Å². The fourth-order valence-electron chi connectivity index (χ4n) is 3.02. The minimum absolute atomic E-state index is 0.0418. The lowest BCUT2D eigenvalue weighted by Crippen LogP contribution is -2.38. The fourth-order valence-corrected chi connectivity index (χ4v) is 3.02. The second-order valence-corrected chi connectivity index (χ2v) is 5.89. The molecule has 0 fully saturated rings. The Bertz CT molecular complexity index is 471. The molecule has 1 aromatic carbocycles. The Morgan fingerprint density at radius 3 is 2.44 bits per heavy atom. The molecule has 0 aromatic heterocycles. The van der Waals surface area contributed by atoms with Crippen LogP contribution < -0.4 is 0 Å². The normalized spacial score (nSPS) is 24.6. The Morgan fingerprint density at radius 1 is 1.28 bits per heavy atom. The number of aliphatic hydroxyl groups is 1. The molecule has 0 heterocycles. The van der Waals surface area contributed by atoms with Gasteiger partial charge in [0.1, 0.15) is 0 Å². The summed E-state index contributed by atoms with van der Waals surface area (Å²) in [6, 6.07) is 9.44. The van der Waals surface area contributed by atoms with Gasteiger partial charge in [-0.2, -0.15) is 0 Å². The highest BCUT2D eigenvalue weighted by molar-refractivity contribution is 5.94. The van der Waals surface area contributed by atoms with Crippen molar-refractivity contribution >= 4 is 5.78 Å². The van der Waals surface area contributed by atoms with Gasteiger partial charge in [0.2, 0.25) is 0 Å². The summed E-state index contributed by atoms with van der Waals surface area (Å²) in [5, 5.41) is 10.5. The molecule has 1 aliphatic rings. The third-order valence-electron chi connectivity index (χ3n) is 3.73. The second-order valence-electron chi connectivity index (χ2n) is 5.89. The van der Waals surface area contributed by atoms with Crippen molar-refractivity contribution < 1.29 is 9.90 Å². The maximum absolute atomic E-state index is 12.2. The molecule has 0 saturated carbocycles. The van der Waals surface area contributed by atoms with E-state index in [4.69, 9.17) is 0 Å². The smallest absolute Gasteiger partial charge is 0.162 e. The molecule has 2 nitrogen and oxygen atoms in total. The Kier molecular flexibility index (Phi) is 3.40. The molecule has 0 aliphatic heterocycles. The van der Waals surface area contributed by atoms with E-state index in [1.807, 2.05) is 37.3 Å². The van der Waals surface area contributed by atoms with Gasteiger partial charge in [-0.05, 0) is 30.4 Å². The number of allylic oxidation sites excluding steroid dienone is 2. The first-order valence-electron chi connectivity index (χ1n) is 6.36. The van der Waals surface area contributed by atoms with Crippen LogP contribution in [-0.2, 0) is 4.79 Å². The standard InChI is InChI=1S/C16H20O2/c1-11-9-13(17)14(16(2,3)10-11)15(18)12-7-5-4-6-8-12/h4-9,14-15,18H,10H2,1-3H3/t14-,15-/m0/s1. The zero-order valence-electron chi connectivity index (χ0n) is 11.2. The number of ketones is 1. The number of carbonyl (C=O) groups excluding carboxylic acids is 1. The second kappa shape index (κ2) is 4.69. The number of carbonyl (C=O) groups is 1. The zero-order valence-corrected chi connectivity index (χ0v) is 11.2. The Balaban J connectivity index is 2.35. The maximum atomic E-state index is 12.2. The molecular formula is C16H20O2. The van der Waals surface area contributed by atoms with E-state index in [2.05, 4.69) is 13.8 Å². The Morgan fingerprint density at radius 2 is 1.89 bits per heavy atom. The van der Waals surface area contributed by atoms with Gasteiger partial charge in [-0.25, -0.2) is 0 Å². The molecule has 0 radical (unpaired) electrons. The summed E-state index contributed by atoms with van der Waals surface area (Å²) in [5.74, 6) is -0.316. The van der Waals surface area contributed by atoms with E-state index in [1.165, 1.54) is 0 Å². The maximum Gasteiger partial charge on any atom is 0.162 e. The summed E-state index contributed by atoms with van der Waals surface area (Å²) < 4.78 is 0. The van der Waals surface area contributed by atoms with E-state index >= 15 is 0 Å². The number of hydrogen-bond acceptors (Lipinski definition) is 2. The molecule has 0 bridgehead atoms. The molecule has 96 valence electrons. The van der Waals surface area contributed by atoms with Crippen LogP contribution in [0.15, 0.2) is 42.0 Å². The lowest BCUT2D eigenvalue weighted by molar-refractivity contribution is -0.128. The largest absolute Gasteiger partial charge is 0.388 e. The third kappa shape index (κ3) is 2.39. The molecule has 0 unspecified atom stereocenters. The van der Waals surface area contributed by atoms with Gasteiger partial charge in [-0.1, -0.05) is 49.8 Å². The summed E-state index contributed by atoms with van der Waals surface area (Å²) in [6.07, 6.45) is 1.81. The minimum atomic E-state index is -0.724. The van der Waals surface area contributed by atoms with Crippen molar-refractivity contribution in [2.24, 2.45) is 11.3 Å². The van der Waals surface area contributed by atoms with E-state index in [9.17, 15) is 9.90 Å². The quantitative estimate of drug-likeness (QED) is 0.866. The number of rotatable bonds is 2. The molecule has 0 amide bonds. The van der Waals surface area contributed by atoms with E-state index in [0.29, 0.717) is 0 Å². The molecule has 0 spiro atoms. The molecule has 1 aliphatic carbocycles. The summed E-state index contributed by atoms with van der Waals surface area (Å²) >= 11 is 0. The highest BCUT2D eigenvalue weighted by Crippen LogP contribution is 2.44. The van der Waals surface area contributed by atoms with Gasteiger partial charge in [0.05, 0.1) is 12.0 Å². The highest BCUT2D eigenvalue weighted by atomic mass is 16.3. The van der Waals surface area contributed by atoms with Crippen LogP contribution >= 0.6 is 0 Å². The molecule has 18 heavy (non-hydrogen) atoms. The van der Waals surface area contributed by atoms with Crippen LogP contribution in [0.3, 0.4) is 0 Å². The summed E-state index contributed by atoms with van der Waals surface area (Å²) in [6.45, 7) is 6.08. The van der Waals surface area contributed by atoms with Gasteiger partial charge in [-0.15, -0.1) is 0 Å². The third-order valence-corrected chi connectivity index (χ3v) is 3.73. The van der Waals surface area contributed by atoms with E-state index < -0.39 is 6.10 Å². The van der Waals surface area contributed by atoms with Crippen LogP contribution in [0, 0.1) is 11.3 Å². The van der Waals surface area contributed by atoms with Crippen LogP contribution in [0.4, 0.5) is 0 Å². The van der Waals surface area contributed by atoms with Gasteiger partial charge in [0.15, 0.2) is 5.78 Å². The lowest BCUT2D eigenvalue weighted by atomic mass is 9.65. The zero-order chi connectivity index (χ0) is 13.3. The van der Waals surface area contributed by atoms with E-state index in [0.717, 1.165) is 17.6 Å². The Hall–Kier alpha value is -1.41. The monoisotopic (exact) mass is 244 g/mol. The number of hydrogen-bond donors (Lipinski definition) is 1. The number of aliphatic hydroxyl groups excluding tert-OH is 1. The summed E-state index contributed by atoms with van der Waals surface area (Å²) in [7, 11) is 0. The van der Waals surface area contributed by atoms with Crippen LogP contribution in [0.25, 0.3) is 0 Å². The van der Waals surface area contributed by atoms with Crippen LogP contribution in [0.2, 0.25) is 0 Å². The van der Waals surface area contributed by atoms with Gasteiger partial charge in [0.25, 0.3) is 0 Å². The molecule has 2 atom stereocenters. The molecular weight excluding hydrogens is 224 g/mol. The first-order valence-corrected chi connectivity index (χ1v) is 6.36. The van der Waals surface area contributed by atoms with Gasteiger partial charge < -0.3 is 5.11 Å². The lowest BCUT2D eigenvalue weighted by Gasteiger charge is -2.39. The highest BCUT2D eigenvalue weighted by Gasteiger charge is 2.42. The predicted octanol–water partition coefficient (Wildman–Crippen LogP) is 3.28. The molecule has 1 N–H and O–H groups in total. The average Bonchev–Trinajstić information content (AvgIpc) is 2.27. The molecule has 2 heteroatoms. The molecule has 2 rings (SSSR count). The van der Waals surface area contributed by atoms with Crippen LogP contribution in [-0.4, -0.2) is 10.9 Å². The van der Waals surface area contributed by atoms with Crippen molar-refractivity contribution in [2.45, 2.75) is 33.3 Å². The van der Waals surface area contributed by atoms with Crippen LogP contribution in [0.1, 0.15) is 38.9 Å². The van der Waals surface area contributed by atoms with Crippen LogP contribution in [0.5, 0.6) is 0 Å². The van der Waals surface area contributed by atoms with Crippen molar-refractivity contribution in [3.63, 3.8) is 0 Å². The molecule has 1 aromatic rings. The van der Waals surface area contributed by atoms with Crippen molar-refractivity contribution in [2.75, 3.05) is 0 Å². The Labute approximate surface area is 108 Å². The van der Waals surface area contributed by atoms with E-state index in [1.54, 1.807) is 6.08 Å². The first kappa shape index (κ1) is 13.0. The van der Waals surface area contributed by atoms with Gasteiger partial charge >= 0.3 is 0 Å².